The van der Waals surface area contributed by atoms with E-state index in [1.165, 1.54) is 5.56 Å². The molecule has 5 nitrogen and oxygen atoms in total. The topological polar surface area (TPSA) is 60.5 Å². The number of esters is 1. The SMILES string of the molecule is CC(C)(C)OC(=O)CCCCCCNCc1ccc(OCc2ccncc2)cc1. The van der Waals surface area contributed by atoms with E-state index in [0.717, 1.165) is 50.1 Å². The van der Waals surface area contributed by atoms with Crippen LogP contribution in [0.4, 0.5) is 0 Å². The van der Waals surface area contributed by atoms with Crippen molar-refractivity contribution in [1.29, 1.82) is 0 Å². The summed E-state index contributed by atoms with van der Waals surface area (Å²) in [4.78, 5) is 15.6. The van der Waals surface area contributed by atoms with Crippen LogP contribution in [0.15, 0.2) is 48.8 Å². The van der Waals surface area contributed by atoms with E-state index in [-0.39, 0.29) is 11.6 Å². The maximum Gasteiger partial charge on any atom is 0.306 e. The summed E-state index contributed by atoms with van der Waals surface area (Å²) in [6.07, 6.45) is 8.25. The van der Waals surface area contributed by atoms with Crippen molar-refractivity contribution in [1.82, 2.24) is 10.3 Å². The van der Waals surface area contributed by atoms with Gasteiger partial charge in [-0.2, -0.15) is 0 Å². The summed E-state index contributed by atoms with van der Waals surface area (Å²) in [5, 5.41) is 3.47. The van der Waals surface area contributed by atoms with Crippen LogP contribution in [0.25, 0.3) is 0 Å². The van der Waals surface area contributed by atoms with Gasteiger partial charge in [-0.15, -0.1) is 0 Å². The number of ether oxygens (including phenoxy) is 2. The van der Waals surface area contributed by atoms with Crippen LogP contribution in [-0.2, 0) is 22.7 Å². The zero-order valence-corrected chi connectivity index (χ0v) is 17.9. The second-order valence-electron chi connectivity index (χ2n) is 8.22. The molecule has 1 aromatic heterocycles. The summed E-state index contributed by atoms with van der Waals surface area (Å²) in [6, 6.07) is 12.1. The Balaban J connectivity index is 1.50. The molecule has 0 saturated carbocycles. The fourth-order valence-electron chi connectivity index (χ4n) is 2.85. The van der Waals surface area contributed by atoms with Crippen molar-refractivity contribution in [2.75, 3.05) is 6.54 Å². The van der Waals surface area contributed by atoms with Gasteiger partial charge in [-0.3, -0.25) is 9.78 Å². The van der Waals surface area contributed by atoms with E-state index in [0.29, 0.717) is 13.0 Å². The minimum Gasteiger partial charge on any atom is -0.489 e. The first-order chi connectivity index (χ1) is 13.9. The first kappa shape index (κ1) is 22.9. The number of aromatic nitrogens is 1. The van der Waals surface area contributed by atoms with E-state index in [2.05, 4.69) is 22.4 Å². The Bertz CT molecular complexity index is 709. The molecule has 1 N–H and O–H groups in total. The summed E-state index contributed by atoms with van der Waals surface area (Å²) < 4.78 is 11.1. The Morgan fingerprint density at radius 3 is 2.31 bits per heavy atom. The maximum absolute atomic E-state index is 11.6. The number of unbranched alkanes of at least 4 members (excludes halogenated alkanes) is 3. The molecule has 2 rings (SSSR count). The number of nitrogens with one attached hydrogen (secondary N) is 1. The summed E-state index contributed by atoms with van der Waals surface area (Å²) in [7, 11) is 0. The van der Waals surface area contributed by atoms with Gasteiger partial charge in [0.05, 0.1) is 0 Å². The average Bonchev–Trinajstić information content (AvgIpc) is 2.69. The second kappa shape index (κ2) is 12.2. The minimum absolute atomic E-state index is 0.0937. The molecule has 1 heterocycles. The standard InChI is InChI=1S/C24H34N2O3/c1-24(2,3)29-23(27)8-6-4-5-7-15-26-18-20-9-11-22(12-10-20)28-19-21-13-16-25-17-14-21/h9-14,16-17,26H,4-8,15,18-19H2,1-3H3. The average molecular weight is 399 g/mol. The number of hydrogen-bond donors (Lipinski definition) is 1. The number of nitrogens with zero attached hydrogens (tertiary/aromatic N) is 1. The van der Waals surface area contributed by atoms with E-state index in [1.54, 1.807) is 12.4 Å². The molecule has 0 aliphatic carbocycles. The lowest BCUT2D eigenvalue weighted by Gasteiger charge is -2.19. The van der Waals surface area contributed by atoms with Crippen molar-refractivity contribution in [3.63, 3.8) is 0 Å². The summed E-state index contributed by atoms with van der Waals surface area (Å²) >= 11 is 0. The molecule has 0 radical (unpaired) electrons. The molecule has 29 heavy (non-hydrogen) atoms. The van der Waals surface area contributed by atoms with Gasteiger partial charge in [-0.05, 0) is 75.5 Å². The quantitative estimate of drug-likeness (QED) is 0.401. The Hall–Kier alpha value is -2.40. The van der Waals surface area contributed by atoms with Crippen LogP contribution in [0.3, 0.4) is 0 Å². The normalized spacial score (nSPS) is 11.3. The summed E-state index contributed by atoms with van der Waals surface area (Å²) in [5.41, 5.74) is 1.97. The number of carbonyl (C=O) groups is 1. The summed E-state index contributed by atoms with van der Waals surface area (Å²) in [5.74, 6) is 0.777. The molecule has 5 heteroatoms. The molecule has 0 aliphatic rings. The van der Waals surface area contributed by atoms with Gasteiger partial charge in [0.15, 0.2) is 0 Å². The van der Waals surface area contributed by atoms with Crippen LogP contribution in [0.5, 0.6) is 5.75 Å². The van der Waals surface area contributed by atoms with E-state index < -0.39 is 0 Å². The van der Waals surface area contributed by atoms with Crippen LogP contribution < -0.4 is 10.1 Å². The molecule has 0 bridgehead atoms. The monoisotopic (exact) mass is 398 g/mol. The highest BCUT2D eigenvalue weighted by molar-refractivity contribution is 5.69. The van der Waals surface area contributed by atoms with E-state index in [9.17, 15) is 4.79 Å². The van der Waals surface area contributed by atoms with Crippen LogP contribution in [0.2, 0.25) is 0 Å². The summed E-state index contributed by atoms with van der Waals surface area (Å²) in [6.45, 7) is 8.09. The molecule has 0 atom stereocenters. The molecule has 0 spiro atoms. The lowest BCUT2D eigenvalue weighted by atomic mass is 10.1. The molecule has 0 amide bonds. The number of hydrogen-bond acceptors (Lipinski definition) is 5. The molecule has 0 saturated heterocycles. The highest BCUT2D eigenvalue weighted by Gasteiger charge is 2.15. The molecule has 2 aromatic rings. The third-order valence-electron chi connectivity index (χ3n) is 4.31. The van der Waals surface area contributed by atoms with Gasteiger partial charge < -0.3 is 14.8 Å². The fourth-order valence-corrected chi connectivity index (χ4v) is 2.85. The predicted octanol–water partition coefficient (Wildman–Crippen LogP) is 5.04. The number of carbonyl (C=O) groups excluding carboxylic acids is 1. The van der Waals surface area contributed by atoms with Crippen LogP contribution >= 0.6 is 0 Å². The molecule has 1 aromatic carbocycles. The Labute approximate surface area is 174 Å². The Morgan fingerprint density at radius 1 is 0.931 bits per heavy atom. The van der Waals surface area contributed by atoms with Crippen molar-refractivity contribution < 1.29 is 14.3 Å². The van der Waals surface area contributed by atoms with Gasteiger partial charge in [0.1, 0.15) is 18.0 Å². The van der Waals surface area contributed by atoms with Gasteiger partial charge >= 0.3 is 5.97 Å². The first-order valence-corrected chi connectivity index (χ1v) is 10.5. The van der Waals surface area contributed by atoms with Crippen LogP contribution in [0, 0.1) is 0 Å². The van der Waals surface area contributed by atoms with Crippen LogP contribution in [-0.4, -0.2) is 23.1 Å². The van der Waals surface area contributed by atoms with Gasteiger partial charge in [-0.25, -0.2) is 0 Å². The highest BCUT2D eigenvalue weighted by atomic mass is 16.6. The third kappa shape index (κ3) is 10.6. The number of pyridine rings is 1. The maximum atomic E-state index is 11.6. The zero-order valence-electron chi connectivity index (χ0n) is 17.9. The van der Waals surface area contributed by atoms with Crippen LogP contribution in [0.1, 0.15) is 64.0 Å². The fraction of sp³-hybridized carbons (Fsp3) is 0.500. The molecular formula is C24H34N2O3. The van der Waals surface area contributed by atoms with Crippen molar-refractivity contribution in [3.8, 4) is 5.75 Å². The molecule has 158 valence electrons. The first-order valence-electron chi connectivity index (χ1n) is 10.5. The van der Waals surface area contributed by atoms with Gasteiger partial charge in [-0.1, -0.05) is 25.0 Å². The van der Waals surface area contributed by atoms with E-state index >= 15 is 0 Å². The van der Waals surface area contributed by atoms with Crippen molar-refractivity contribution in [3.05, 3.63) is 59.9 Å². The number of benzene rings is 1. The van der Waals surface area contributed by atoms with Gasteiger partial charge in [0.2, 0.25) is 0 Å². The van der Waals surface area contributed by atoms with E-state index in [4.69, 9.17) is 9.47 Å². The Morgan fingerprint density at radius 2 is 1.62 bits per heavy atom. The highest BCUT2D eigenvalue weighted by Crippen LogP contribution is 2.14. The largest absolute Gasteiger partial charge is 0.489 e. The van der Waals surface area contributed by atoms with Crippen molar-refractivity contribution in [2.24, 2.45) is 0 Å². The molecule has 0 unspecified atom stereocenters. The smallest absolute Gasteiger partial charge is 0.306 e. The lowest BCUT2D eigenvalue weighted by molar-refractivity contribution is -0.154. The third-order valence-corrected chi connectivity index (χ3v) is 4.31. The zero-order chi connectivity index (χ0) is 21.0. The molecule has 0 aliphatic heterocycles. The van der Waals surface area contributed by atoms with Gasteiger partial charge in [0, 0.05) is 25.4 Å². The molecular weight excluding hydrogens is 364 g/mol. The van der Waals surface area contributed by atoms with Gasteiger partial charge in [0.25, 0.3) is 0 Å². The predicted molar refractivity (Wildman–Crippen MR) is 116 cm³/mol. The minimum atomic E-state index is -0.384. The van der Waals surface area contributed by atoms with E-state index in [1.807, 2.05) is 45.0 Å². The molecule has 0 fully saturated rings. The van der Waals surface area contributed by atoms with Crippen molar-refractivity contribution >= 4 is 5.97 Å². The Kier molecular flexibility index (Phi) is 9.65. The number of rotatable bonds is 12. The van der Waals surface area contributed by atoms with Crippen molar-refractivity contribution in [2.45, 2.75) is 71.6 Å². The lowest BCUT2D eigenvalue weighted by Crippen LogP contribution is -2.23. The second-order valence-corrected chi connectivity index (χ2v) is 8.22.